The molecule has 0 amide bonds. The molecule has 0 aromatic carbocycles. The lowest BCUT2D eigenvalue weighted by Crippen LogP contribution is -2.34. The number of unbranched alkanes of at least 4 members (excludes halogenated alkanes) is 5. The topological polar surface area (TPSA) is 63.6 Å². The van der Waals surface area contributed by atoms with Crippen LogP contribution in [-0.4, -0.2) is 39.2 Å². The van der Waals surface area contributed by atoms with E-state index < -0.39 is 10.0 Å². The first-order valence-corrected chi connectivity index (χ1v) is 9.69. The lowest BCUT2D eigenvalue weighted by Gasteiger charge is -2.31. The summed E-state index contributed by atoms with van der Waals surface area (Å²) in [6, 6.07) is 0. The molecular formula is C15H26O4S2. The number of hydrogen-bond acceptors (Lipinski definition) is 5. The third-order valence-corrected chi connectivity index (χ3v) is 6.87. The number of aliphatic carboxylic acids is 1. The summed E-state index contributed by atoms with van der Waals surface area (Å²) in [5.74, 6) is 1.07. The second kappa shape index (κ2) is 10.4. The Morgan fingerprint density at radius 2 is 1.62 bits per heavy atom. The number of rotatable bonds is 10. The number of ether oxygens (including phenoxy) is 1. The quantitative estimate of drug-likeness (QED) is 0.482. The van der Waals surface area contributed by atoms with Crippen molar-refractivity contribution >= 4 is 35.5 Å². The number of carboxylic acids is 1. The van der Waals surface area contributed by atoms with Crippen molar-refractivity contribution in [2.75, 3.05) is 18.1 Å². The van der Waals surface area contributed by atoms with Gasteiger partial charge in [-0.05, 0) is 30.8 Å². The van der Waals surface area contributed by atoms with E-state index in [1.807, 2.05) is 0 Å². The zero-order valence-corrected chi connectivity index (χ0v) is 14.4. The second-order valence-electron chi connectivity index (χ2n) is 5.32. The summed E-state index contributed by atoms with van der Waals surface area (Å²) in [6.07, 6.45) is 8.20. The first kappa shape index (κ1) is 18.7. The monoisotopic (exact) mass is 334 g/mol. The first-order valence-electron chi connectivity index (χ1n) is 7.71. The van der Waals surface area contributed by atoms with Crippen LogP contribution in [0.5, 0.6) is 0 Å². The molecule has 1 rings (SSSR count). The highest BCUT2D eigenvalue weighted by molar-refractivity contribution is 8.19. The van der Waals surface area contributed by atoms with Gasteiger partial charge in [-0.3, -0.25) is 4.79 Å². The van der Waals surface area contributed by atoms with E-state index in [9.17, 15) is 14.7 Å². The minimum absolute atomic E-state index is 0.212. The summed E-state index contributed by atoms with van der Waals surface area (Å²) >= 11 is 3.22. The molecule has 21 heavy (non-hydrogen) atoms. The zero-order valence-electron chi connectivity index (χ0n) is 12.8. The lowest BCUT2D eigenvalue weighted by molar-refractivity contribution is -0.141. The molecule has 0 atom stereocenters. The minimum Gasteiger partial charge on any atom is -0.480 e. The molecule has 0 aromatic heterocycles. The largest absolute Gasteiger partial charge is 0.480 e. The Hall–Kier alpha value is -0.360. The first-order chi connectivity index (χ1) is 10.1. The molecule has 1 fully saturated rings. The van der Waals surface area contributed by atoms with Gasteiger partial charge < -0.3 is 9.84 Å². The summed E-state index contributed by atoms with van der Waals surface area (Å²) in [7, 11) is 0. The molecule has 1 N–H and O–H groups in total. The predicted octanol–water partition coefficient (Wildman–Crippen LogP) is 3.93. The van der Waals surface area contributed by atoms with E-state index in [1.54, 1.807) is 23.5 Å². The Balaban J connectivity index is 2.04. The Morgan fingerprint density at radius 1 is 1.05 bits per heavy atom. The van der Waals surface area contributed by atoms with Crippen molar-refractivity contribution in [3.8, 4) is 0 Å². The fourth-order valence-corrected chi connectivity index (χ4v) is 5.41. The number of thioether (sulfide) groups is 2. The van der Waals surface area contributed by atoms with Gasteiger partial charge in [0.25, 0.3) is 0 Å². The van der Waals surface area contributed by atoms with E-state index in [4.69, 9.17) is 4.74 Å². The molecule has 0 aliphatic carbocycles. The van der Waals surface area contributed by atoms with E-state index >= 15 is 0 Å². The number of esters is 1. The molecule has 1 heterocycles. The minimum atomic E-state index is -0.654. The number of carboxylic acid groups (broad SMARTS) is 1. The van der Waals surface area contributed by atoms with Crippen molar-refractivity contribution in [3.63, 3.8) is 0 Å². The standard InChI is InChI=1S/C15H26O4S2/c1-13(16)19-10-7-5-3-2-4-6-9-15(14(17)18)20-11-8-12-21-15/h2-12H2,1H3,(H,17,18). The van der Waals surface area contributed by atoms with Gasteiger partial charge in [0.15, 0.2) is 4.08 Å². The zero-order chi connectivity index (χ0) is 15.6. The molecule has 1 aliphatic rings. The van der Waals surface area contributed by atoms with Crippen LogP contribution in [0.1, 0.15) is 58.3 Å². The maximum atomic E-state index is 11.5. The Morgan fingerprint density at radius 3 is 2.19 bits per heavy atom. The van der Waals surface area contributed by atoms with Gasteiger partial charge in [0, 0.05) is 6.92 Å². The second-order valence-corrected chi connectivity index (χ2v) is 8.37. The Kier molecular flexibility index (Phi) is 9.24. The van der Waals surface area contributed by atoms with Crippen LogP contribution in [0.25, 0.3) is 0 Å². The van der Waals surface area contributed by atoms with Crippen molar-refractivity contribution in [1.82, 2.24) is 0 Å². The van der Waals surface area contributed by atoms with Gasteiger partial charge in [0.05, 0.1) is 6.61 Å². The van der Waals surface area contributed by atoms with Gasteiger partial charge in [0.2, 0.25) is 0 Å². The molecule has 0 unspecified atom stereocenters. The molecule has 4 nitrogen and oxygen atoms in total. The van der Waals surface area contributed by atoms with Crippen LogP contribution in [0.15, 0.2) is 0 Å². The van der Waals surface area contributed by atoms with E-state index in [0.717, 1.165) is 62.9 Å². The van der Waals surface area contributed by atoms with Crippen molar-refractivity contribution in [2.24, 2.45) is 0 Å². The summed E-state index contributed by atoms with van der Waals surface area (Å²) < 4.78 is 4.29. The lowest BCUT2D eigenvalue weighted by atomic mass is 10.1. The van der Waals surface area contributed by atoms with Crippen LogP contribution in [0, 0.1) is 0 Å². The predicted molar refractivity (Wildman–Crippen MR) is 88.9 cm³/mol. The average molecular weight is 335 g/mol. The van der Waals surface area contributed by atoms with E-state index in [-0.39, 0.29) is 5.97 Å². The molecule has 1 saturated heterocycles. The van der Waals surface area contributed by atoms with Crippen molar-refractivity contribution < 1.29 is 19.4 Å². The van der Waals surface area contributed by atoms with Gasteiger partial charge in [-0.15, -0.1) is 23.5 Å². The number of hydrogen-bond donors (Lipinski definition) is 1. The van der Waals surface area contributed by atoms with Crippen molar-refractivity contribution in [1.29, 1.82) is 0 Å². The molecule has 0 saturated carbocycles. The molecule has 6 heteroatoms. The van der Waals surface area contributed by atoms with Crippen LogP contribution < -0.4 is 0 Å². The smallest absolute Gasteiger partial charge is 0.330 e. The van der Waals surface area contributed by atoms with Crippen molar-refractivity contribution in [3.05, 3.63) is 0 Å². The maximum Gasteiger partial charge on any atom is 0.330 e. The molecular weight excluding hydrogens is 308 g/mol. The Bertz CT molecular complexity index is 328. The summed E-state index contributed by atoms with van der Waals surface area (Å²) in [4.78, 5) is 22.1. The van der Waals surface area contributed by atoms with E-state index in [2.05, 4.69) is 0 Å². The third kappa shape index (κ3) is 7.45. The fourth-order valence-electron chi connectivity index (χ4n) is 2.33. The third-order valence-electron chi connectivity index (χ3n) is 3.49. The highest BCUT2D eigenvalue weighted by Crippen LogP contribution is 2.46. The molecule has 0 spiro atoms. The van der Waals surface area contributed by atoms with Gasteiger partial charge in [-0.1, -0.05) is 32.1 Å². The van der Waals surface area contributed by atoms with Crippen LogP contribution in [0.3, 0.4) is 0 Å². The van der Waals surface area contributed by atoms with Crippen LogP contribution in [-0.2, 0) is 14.3 Å². The Labute approximate surface area is 135 Å². The molecule has 122 valence electrons. The van der Waals surface area contributed by atoms with Gasteiger partial charge >= 0.3 is 11.9 Å². The highest BCUT2D eigenvalue weighted by atomic mass is 32.2. The average Bonchev–Trinajstić information content (AvgIpc) is 2.46. The molecule has 0 aromatic rings. The van der Waals surface area contributed by atoms with E-state index in [1.165, 1.54) is 6.92 Å². The van der Waals surface area contributed by atoms with Crippen molar-refractivity contribution in [2.45, 2.75) is 62.4 Å². The summed E-state index contributed by atoms with van der Waals surface area (Å²) in [5.41, 5.74) is 0. The van der Waals surface area contributed by atoms with Gasteiger partial charge in [-0.25, -0.2) is 4.79 Å². The summed E-state index contributed by atoms with van der Waals surface area (Å²) in [6.45, 7) is 1.95. The van der Waals surface area contributed by atoms with Crippen LogP contribution in [0.4, 0.5) is 0 Å². The van der Waals surface area contributed by atoms with E-state index in [0.29, 0.717) is 6.61 Å². The molecule has 0 bridgehead atoms. The number of carbonyl (C=O) groups is 2. The summed E-state index contributed by atoms with van der Waals surface area (Å²) in [5, 5.41) is 9.45. The normalized spacial score (nSPS) is 17.4. The van der Waals surface area contributed by atoms with Gasteiger partial charge in [0.1, 0.15) is 0 Å². The molecule has 1 aliphatic heterocycles. The number of carbonyl (C=O) groups excluding carboxylic acids is 1. The van der Waals surface area contributed by atoms with Crippen LogP contribution >= 0.6 is 23.5 Å². The SMILES string of the molecule is CC(=O)OCCCCCCCCC1(C(=O)O)SCCCS1. The highest BCUT2D eigenvalue weighted by Gasteiger charge is 2.40. The molecule has 0 radical (unpaired) electrons. The maximum absolute atomic E-state index is 11.5. The van der Waals surface area contributed by atoms with Gasteiger partial charge in [-0.2, -0.15) is 0 Å². The van der Waals surface area contributed by atoms with Crippen LogP contribution in [0.2, 0.25) is 0 Å². The fraction of sp³-hybridized carbons (Fsp3) is 0.867.